The van der Waals surface area contributed by atoms with Crippen molar-refractivity contribution in [3.63, 3.8) is 0 Å². The molecule has 1 nitrogen and oxygen atoms in total. The predicted molar refractivity (Wildman–Crippen MR) is 68.3 cm³/mol. The molecule has 1 N–H and O–H groups in total. The molecule has 0 aliphatic heterocycles. The summed E-state index contributed by atoms with van der Waals surface area (Å²) in [6.07, 6.45) is 4.90. The molecule has 0 bridgehead atoms. The molecule has 0 fully saturated rings. The van der Waals surface area contributed by atoms with Crippen molar-refractivity contribution in [3.05, 3.63) is 41.5 Å². The molecule has 0 radical (unpaired) electrons. The quantitative estimate of drug-likeness (QED) is 0.460. The van der Waals surface area contributed by atoms with E-state index in [1.165, 1.54) is 5.57 Å². The number of allylic oxidation sites excluding steroid dienone is 2. The van der Waals surface area contributed by atoms with Crippen LogP contribution in [0.3, 0.4) is 0 Å². The van der Waals surface area contributed by atoms with E-state index in [9.17, 15) is 5.11 Å². The number of para-hydroxylation sites is 1. The van der Waals surface area contributed by atoms with E-state index in [1.54, 1.807) is 6.07 Å². The Balaban J connectivity index is 2.53. The van der Waals surface area contributed by atoms with Crippen LogP contribution in [-0.4, -0.2) is 5.11 Å². The monoisotopic (exact) mass is 214 g/mol. The highest BCUT2D eigenvalue weighted by molar-refractivity contribution is 5.34. The fraction of sp³-hybridized carbons (Fsp3) is 0.333. The summed E-state index contributed by atoms with van der Waals surface area (Å²) in [5.41, 5.74) is 2.26. The SMILES string of the molecule is CC#CCC/C=C(\C)Cc1ccccc1O. The van der Waals surface area contributed by atoms with E-state index in [-0.39, 0.29) is 0 Å². The van der Waals surface area contributed by atoms with Crippen molar-refractivity contribution >= 4 is 0 Å². The molecule has 0 atom stereocenters. The summed E-state index contributed by atoms with van der Waals surface area (Å²) in [5, 5.41) is 9.62. The lowest BCUT2D eigenvalue weighted by molar-refractivity contribution is 0.469. The van der Waals surface area contributed by atoms with Crippen LogP contribution in [0.5, 0.6) is 5.75 Å². The van der Waals surface area contributed by atoms with Crippen LogP contribution in [0.1, 0.15) is 32.3 Å². The van der Waals surface area contributed by atoms with Crippen molar-refractivity contribution in [1.29, 1.82) is 0 Å². The molecule has 0 saturated heterocycles. The van der Waals surface area contributed by atoms with Gasteiger partial charge in [0.05, 0.1) is 0 Å². The second-order valence-corrected chi connectivity index (χ2v) is 3.82. The highest BCUT2D eigenvalue weighted by atomic mass is 16.3. The first-order valence-corrected chi connectivity index (χ1v) is 5.56. The van der Waals surface area contributed by atoms with Gasteiger partial charge in [-0.25, -0.2) is 0 Å². The van der Waals surface area contributed by atoms with E-state index in [1.807, 2.05) is 25.1 Å². The van der Waals surface area contributed by atoms with Crippen LogP contribution < -0.4 is 0 Å². The lowest BCUT2D eigenvalue weighted by Gasteiger charge is -2.04. The minimum Gasteiger partial charge on any atom is -0.508 e. The minimum absolute atomic E-state index is 0.378. The van der Waals surface area contributed by atoms with Gasteiger partial charge in [0.15, 0.2) is 0 Å². The average Bonchev–Trinajstić information content (AvgIpc) is 2.28. The molecule has 0 amide bonds. The van der Waals surface area contributed by atoms with Gasteiger partial charge in [0.25, 0.3) is 0 Å². The molecule has 1 heteroatoms. The zero-order valence-electron chi connectivity index (χ0n) is 9.96. The Hall–Kier alpha value is -1.68. The van der Waals surface area contributed by atoms with Gasteiger partial charge in [-0.2, -0.15) is 0 Å². The Morgan fingerprint density at radius 2 is 2.12 bits per heavy atom. The van der Waals surface area contributed by atoms with Crippen molar-refractivity contribution in [1.82, 2.24) is 0 Å². The van der Waals surface area contributed by atoms with Gasteiger partial charge in [0, 0.05) is 6.42 Å². The maximum absolute atomic E-state index is 9.62. The Kier molecular flexibility index (Phi) is 5.22. The third kappa shape index (κ3) is 4.23. The van der Waals surface area contributed by atoms with Gasteiger partial charge in [-0.3, -0.25) is 0 Å². The first-order chi connectivity index (χ1) is 7.74. The highest BCUT2D eigenvalue weighted by Gasteiger charge is 1.99. The molecule has 0 saturated carbocycles. The molecule has 0 aliphatic rings. The van der Waals surface area contributed by atoms with Crippen LogP contribution >= 0.6 is 0 Å². The molecule has 0 spiro atoms. The van der Waals surface area contributed by atoms with Crippen LogP contribution in [0.4, 0.5) is 0 Å². The predicted octanol–water partition coefficient (Wildman–Crippen LogP) is 3.68. The van der Waals surface area contributed by atoms with Crippen molar-refractivity contribution in [2.75, 3.05) is 0 Å². The van der Waals surface area contributed by atoms with Crippen molar-refractivity contribution in [2.24, 2.45) is 0 Å². The van der Waals surface area contributed by atoms with Crippen LogP contribution in [0, 0.1) is 11.8 Å². The standard InChI is InChI=1S/C15H18O/c1-3-4-5-6-9-13(2)12-14-10-7-8-11-15(14)16/h7-11,16H,5-6,12H2,1-2H3/b13-9+. The van der Waals surface area contributed by atoms with E-state index >= 15 is 0 Å². The Labute approximate surface area is 97.8 Å². The van der Waals surface area contributed by atoms with Gasteiger partial charge in [-0.1, -0.05) is 29.8 Å². The van der Waals surface area contributed by atoms with Gasteiger partial charge < -0.3 is 5.11 Å². The lowest BCUT2D eigenvalue weighted by Crippen LogP contribution is -1.87. The normalized spacial score (nSPS) is 10.8. The number of unbranched alkanes of at least 4 members (excludes halogenated alkanes) is 1. The van der Waals surface area contributed by atoms with Crippen LogP contribution in [0.25, 0.3) is 0 Å². The number of phenols is 1. The van der Waals surface area contributed by atoms with E-state index < -0.39 is 0 Å². The van der Waals surface area contributed by atoms with Crippen molar-refractivity contribution < 1.29 is 5.11 Å². The topological polar surface area (TPSA) is 20.2 Å². The molecule has 0 aliphatic carbocycles. The van der Waals surface area contributed by atoms with E-state index in [2.05, 4.69) is 24.8 Å². The maximum Gasteiger partial charge on any atom is 0.119 e. The third-order valence-corrected chi connectivity index (χ3v) is 2.40. The number of rotatable bonds is 4. The van der Waals surface area contributed by atoms with Gasteiger partial charge >= 0.3 is 0 Å². The van der Waals surface area contributed by atoms with Gasteiger partial charge in [-0.15, -0.1) is 11.8 Å². The van der Waals surface area contributed by atoms with E-state index in [4.69, 9.17) is 0 Å². The molecule has 0 heterocycles. The summed E-state index contributed by atoms with van der Waals surface area (Å²) in [6.45, 7) is 3.95. The third-order valence-electron chi connectivity index (χ3n) is 2.40. The van der Waals surface area contributed by atoms with Crippen molar-refractivity contribution in [3.8, 4) is 17.6 Å². The summed E-state index contributed by atoms with van der Waals surface area (Å²) in [4.78, 5) is 0. The number of aromatic hydroxyl groups is 1. The number of phenolic OH excluding ortho intramolecular Hbond substituents is 1. The number of benzene rings is 1. The molecular formula is C15H18O. The minimum atomic E-state index is 0.378. The Morgan fingerprint density at radius 3 is 2.81 bits per heavy atom. The van der Waals surface area contributed by atoms with Gasteiger partial charge in [-0.05, 0) is 38.3 Å². The summed E-state index contributed by atoms with van der Waals surface area (Å²) < 4.78 is 0. The molecule has 1 rings (SSSR count). The fourth-order valence-corrected chi connectivity index (χ4v) is 1.55. The van der Waals surface area contributed by atoms with Crippen molar-refractivity contribution in [2.45, 2.75) is 33.1 Å². The molecule has 1 aromatic rings. The summed E-state index contributed by atoms with van der Waals surface area (Å²) in [6, 6.07) is 7.48. The van der Waals surface area contributed by atoms with Gasteiger partial charge in [0.1, 0.15) is 5.75 Å². The second kappa shape index (κ2) is 6.74. The first kappa shape index (κ1) is 12.4. The van der Waals surface area contributed by atoms with Crippen LogP contribution in [-0.2, 0) is 6.42 Å². The maximum atomic E-state index is 9.62. The molecule has 0 unspecified atom stereocenters. The molecular weight excluding hydrogens is 196 g/mol. The van der Waals surface area contributed by atoms with E-state index in [0.29, 0.717) is 5.75 Å². The largest absolute Gasteiger partial charge is 0.508 e. The first-order valence-electron chi connectivity index (χ1n) is 5.56. The molecule has 16 heavy (non-hydrogen) atoms. The second-order valence-electron chi connectivity index (χ2n) is 3.82. The van der Waals surface area contributed by atoms with Crippen LogP contribution in [0.2, 0.25) is 0 Å². The molecule has 0 aromatic heterocycles. The van der Waals surface area contributed by atoms with Crippen LogP contribution in [0.15, 0.2) is 35.9 Å². The summed E-state index contributed by atoms with van der Waals surface area (Å²) in [5.74, 6) is 6.29. The molecule has 1 aromatic carbocycles. The molecule has 84 valence electrons. The number of hydrogen-bond acceptors (Lipinski definition) is 1. The fourth-order valence-electron chi connectivity index (χ4n) is 1.55. The summed E-state index contributed by atoms with van der Waals surface area (Å²) in [7, 11) is 0. The van der Waals surface area contributed by atoms with Gasteiger partial charge in [0.2, 0.25) is 0 Å². The highest BCUT2D eigenvalue weighted by Crippen LogP contribution is 2.19. The zero-order chi connectivity index (χ0) is 11.8. The number of hydrogen-bond donors (Lipinski definition) is 1. The Bertz CT molecular complexity index is 419. The zero-order valence-corrected chi connectivity index (χ0v) is 9.96. The smallest absolute Gasteiger partial charge is 0.119 e. The lowest BCUT2D eigenvalue weighted by atomic mass is 10.0. The van der Waals surface area contributed by atoms with E-state index in [0.717, 1.165) is 24.8 Å². The Morgan fingerprint density at radius 1 is 1.38 bits per heavy atom. The summed E-state index contributed by atoms with van der Waals surface area (Å²) >= 11 is 0. The average molecular weight is 214 g/mol.